The van der Waals surface area contributed by atoms with E-state index in [4.69, 9.17) is 4.74 Å². The van der Waals surface area contributed by atoms with Crippen molar-refractivity contribution in [1.82, 2.24) is 0 Å². The first-order valence-electron chi connectivity index (χ1n) is 4.72. The van der Waals surface area contributed by atoms with E-state index in [-0.39, 0.29) is 5.83 Å². The van der Waals surface area contributed by atoms with Crippen LogP contribution in [0.5, 0.6) is 0 Å². The second kappa shape index (κ2) is 6.70. The number of unbranched alkanes of at least 4 members (excludes halogenated alkanes) is 1. The average Bonchev–Trinajstić information content (AvgIpc) is 2.03. The number of ether oxygens (including phenoxy) is 1. The number of halogens is 1. The van der Waals surface area contributed by atoms with E-state index < -0.39 is 0 Å². The van der Waals surface area contributed by atoms with Crippen LogP contribution in [0.3, 0.4) is 0 Å². The second-order valence-corrected chi connectivity index (χ2v) is 3.33. The van der Waals surface area contributed by atoms with E-state index in [1.807, 2.05) is 13.8 Å². The van der Waals surface area contributed by atoms with Crippen molar-refractivity contribution in [3.8, 4) is 0 Å². The topological polar surface area (TPSA) is 9.23 Å². The second-order valence-electron chi connectivity index (χ2n) is 3.33. The molecule has 0 aromatic rings. The Kier molecular flexibility index (Phi) is 6.29. The molecule has 0 aliphatic carbocycles. The van der Waals surface area contributed by atoms with E-state index in [0.717, 1.165) is 18.4 Å². The molecule has 0 saturated carbocycles. The van der Waals surface area contributed by atoms with Gasteiger partial charge in [-0.25, -0.2) is 4.39 Å². The largest absolute Gasteiger partial charge is 0.495 e. The minimum absolute atomic E-state index is 0.267. The minimum atomic E-state index is -0.267. The first kappa shape index (κ1) is 12.2. The summed E-state index contributed by atoms with van der Waals surface area (Å²) in [6.07, 6.45) is 3.53. The Hall–Kier alpha value is -0.790. The number of hydrogen-bond acceptors (Lipinski definition) is 1. The van der Waals surface area contributed by atoms with E-state index in [1.165, 1.54) is 6.08 Å². The lowest BCUT2D eigenvalue weighted by molar-refractivity contribution is 0.200. The zero-order chi connectivity index (χ0) is 10.3. The van der Waals surface area contributed by atoms with E-state index in [9.17, 15) is 4.39 Å². The lowest BCUT2D eigenvalue weighted by Gasteiger charge is -2.05. The van der Waals surface area contributed by atoms with E-state index in [2.05, 4.69) is 6.92 Å². The van der Waals surface area contributed by atoms with Gasteiger partial charge < -0.3 is 4.74 Å². The molecule has 0 fully saturated rings. The minimum Gasteiger partial charge on any atom is -0.495 e. The predicted octanol–water partition coefficient (Wildman–Crippen LogP) is 3.97. The standard InChI is InChI=1S/C11H19FO/c1-5-6-7-13-10(4)11(12)8-9(2)3/h8H,5-7H2,1-4H3/b11-10-. The van der Waals surface area contributed by atoms with Crippen molar-refractivity contribution in [3.63, 3.8) is 0 Å². The number of allylic oxidation sites excluding steroid dienone is 4. The molecular weight excluding hydrogens is 167 g/mol. The van der Waals surface area contributed by atoms with Crippen LogP contribution in [0.15, 0.2) is 23.2 Å². The fraction of sp³-hybridized carbons (Fsp3) is 0.636. The molecule has 76 valence electrons. The Morgan fingerprint density at radius 3 is 2.38 bits per heavy atom. The molecule has 0 aliphatic rings. The van der Waals surface area contributed by atoms with Gasteiger partial charge in [0, 0.05) is 0 Å². The molecule has 2 heteroatoms. The fourth-order valence-electron chi connectivity index (χ4n) is 0.794. The number of rotatable bonds is 5. The Bertz CT molecular complexity index is 200. The molecular formula is C11H19FO. The van der Waals surface area contributed by atoms with Gasteiger partial charge in [-0.3, -0.25) is 0 Å². The normalized spacial score (nSPS) is 12.1. The van der Waals surface area contributed by atoms with Crippen molar-refractivity contribution in [3.05, 3.63) is 23.2 Å². The van der Waals surface area contributed by atoms with E-state index in [1.54, 1.807) is 6.92 Å². The highest BCUT2D eigenvalue weighted by Crippen LogP contribution is 2.11. The van der Waals surface area contributed by atoms with Crippen molar-refractivity contribution in [2.24, 2.45) is 0 Å². The third-order valence-corrected chi connectivity index (χ3v) is 1.57. The van der Waals surface area contributed by atoms with Gasteiger partial charge in [0.1, 0.15) is 5.76 Å². The quantitative estimate of drug-likeness (QED) is 0.358. The summed E-state index contributed by atoms with van der Waals surface area (Å²) in [4.78, 5) is 0. The molecule has 0 saturated heterocycles. The predicted molar refractivity (Wildman–Crippen MR) is 54.1 cm³/mol. The van der Waals surface area contributed by atoms with Crippen LogP contribution in [0.4, 0.5) is 4.39 Å². The van der Waals surface area contributed by atoms with Gasteiger partial charge in [0.2, 0.25) is 0 Å². The van der Waals surface area contributed by atoms with Gasteiger partial charge in [-0.2, -0.15) is 0 Å². The molecule has 0 aliphatic heterocycles. The van der Waals surface area contributed by atoms with Crippen LogP contribution in [-0.2, 0) is 4.74 Å². The van der Waals surface area contributed by atoms with Gasteiger partial charge in [0.25, 0.3) is 0 Å². The summed E-state index contributed by atoms with van der Waals surface area (Å²) in [5, 5.41) is 0. The third kappa shape index (κ3) is 6.38. The van der Waals surface area contributed by atoms with E-state index in [0.29, 0.717) is 12.4 Å². The summed E-state index contributed by atoms with van der Waals surface area (Å²) in [5.41, 5.74) is 0.941. The summed E-state index contributed by atoms with van der Waals surface area (Å²) < 4.78 is 18.4. The Morgan fingerprint density at radius 1 is 1.31 bits per heavy atom. The molecule has 0 radical (unpaired) electrons. The number of hydrogen-bond donors (Lipinski definition) is 0. The molecule has 0 amide bonds. The van der Waals surface area contributed by atoms with Crippen LogP contribution in [-0.4, -0.2) is 6.61 Å². The highest BCUT2D eigenvalue weighted by molar-refractivity contribution is 5.17. The zero-order valence-corrected chi connectivity index (χ0v) is 8.98. The van der Waals surface area contributed by atoms with Crippen LogP contribution >= 0.6 is 0 Å². The monoisotopic (exact) mass is 186 g/mol. The smallest absolute Gasteiger partial charge is 0.160 e. The Balaban J connectivity index is 4.04. The van der Waals surface area contributed by atoms with Crippen LogP contribution in [0.2, 0.25) is 0 Å². The lowest BCUT2D eigenvalue weighted by Crippen LogP contribution is -1.93. The van der Waals surface area contributed by atoms with Gasteiger partial charge in [-0.15, -0.1) is 0 Å². The fourth-order valence-corrected chi connectivity index (χ4v) is 0.794. The van der Waals surface area contributed by atoms with Crippen LogP contribution < -0.4 is 0 Å². The third-order valence-electron chi connectivity index (χ3n) is 1.57. The SMILES string of the molecule is CCCCO/C(C)=C(\F)C=C(C)C. The highest BCUT2D eigenvalue weighted by atomic mass is 19.1. The van der Waals surface area contributed by atoms with Crippen LogP contribution in [0.25, 0.3) is 0 Å². The summed E-state index contributed by atoms with van der Waals surface area (Å²) in [5.74, 6) is 0.116. The van der Waals surface area contributed by atoms with Crippen molar-refractivity contribution in [2.45, 2.75) is 40.5 Å². The molecule has 0 atom stereocenters. The maximum absolute atomic E-state index is 13.2. The zero-order valence-electron chi connectivity index (χ0n) is 8.98. The molecule has 13 heavy (non-hydrogen) atoms. The van der Waals surface area contributed by atoms with E-state index >= 15 is 0 Å². The molecule has 0 aromatic heterocycles. The molecule has 1 nitrogen and oxygen atoms in total. The molecule has 0 rings (SSSR count). The van der Waals surface area contributed by atoms with Gasteiger partial charge in [0.05, 0.1) is 6.61 Å². The maximum Gasteiger partial charge on any atom is 0.160 e. The maximum atomic E-state index is 13.2. The Morgan fingerprint density at radius 2 is 1.92 bits per heavy atom. The van der Waals surface area contributed by atoms with Crippen molar-refractivity contribution >= 4 is 0 Å². The van der Waals surface area contributed by atoms with Gasteiger partial charge in [-0.05, 0) is 33.3 Å². The molecule has 0 spiro atoms. The summed E-state index contributed by atoms with van der Waals surface area (Å²) in [7, 11) is 0. The van der Waals surface area contributed by atoms with Gasteiger partial charge in [-0.1, -0.05) is 18.9 Å². The highest BCUT2D eigenvalue weighted by Gasteiger charge is 1.98. The average molecular weight is 186 g/mol. The molecule has 0 aromatic carbocycles. The van der Waals surface area contributed by atoms with Crippen molar-refractivity contribution in [1.29, 1.82) is 0 Å². The van der Waals surface area contributed by atoms with Crippen molar-refractivity contribution < 1.29 is 9.13 Å². The molecule has 0 bridgehead atoms. The van der Waals surface area contributed by atoms with Crippen molar-refractivity contribution in [2.75, 3.05) is 6.61 Å². The molecule has 0 N–H and O–H groups in total. The first-order chi connectivity index (χ1) is 6.07. The summed E-state index contributed by atoms with van der Waals surface area (Å²) >= 11 is 0. The lowest BCUT2D eigenvalue weighted by atomic mass is 10.3. The Labute approximate surface area is 80.3 Å². The van der Waals surface area contributed by atoms with Crippen LogP contribution in [0, 0.1) is 0 Å². The van der Waals surface area contributed by atoms with Gasteiger partial charge >= 0.3 is 0 Å². The molecule has 0 heterocycles. The summed E-state index contributed by atoms with van der Waals surface area (Å²) in [6.45, 7) is 8.06. The van der Waals surface area contributed by atoms with Crippen LogP contribution in [0.1, 0.15) is 40.5 Å². The molecule has 0 unspecified atom stereocenters. The first-order valence-corrected chi connectivity index (χ1v) is 4.72. The summed E-state index contributed by atoms with van der Waals surface area (Å²) in [6, 6.07) is 0. The van der Waals surface area contributed by atoms with Gasteiger partial charge in [0.15, 0.2) is 5.83 Å².